The normalized spacial score (nSPS) is 8.93. The van der Waals surface area contributed by atoms with Crippen LogP contribution in [0.15, 0.2) is 24.3 Å². The molecule has 0 amide bonds. The van der Waals surface area contributed by atoms with E-state index >= 15 is 0 Å². The van der Waals surface area contributed by atoms with Gasteiger partial charge in [-0.1, -0.05) is 24.0 Å². The van der Waals surface area contributed by atoms with Crippen LogP contribution in [0.1, 0.15) is 12.0 Å². The molecule has 1 aromatic carbocycles. The van der Waals surface area contributed by atoms with Gasteiger partial charge in [-0.25, -0.2) is 0 Å². The van der Waals surface area contributed by atoms with Gasteiger partial charge in [0.1, 0.15) is 5.56 Å². The first-order valence-electron chi connectivity index (χ1n) is 4.18. The average molecular weight is 190 g/mol. The summed E-state index contributed by atoms with van der Waals surface area (Å²) in [5.74, 6) is 5.49. The third kappa shape index (κ3) is 2.57. The van der Waals surface area contributed by atoms with E-state index in [-0.39, 0.29) is 5.69 Å². The molecule has 1 aromatic rings. The molecule has 0 aliphatic carbocycles. The van der Waals surface area contributed by atoms with E-state index in [4.69, 9.17) is 5.73 Å². The molecule has 0 radical (unpaired) electrons. The second-order valence-corrected chi connectivity index (χ2v) is 2.61. The highest BCUT2D eigenvalue weighted by Gasteiger charge is 2.08. The van der Waals surface area contributed by atoms with E-state index in [0.717, 1.165) is 0 Å². The van der Waals surface area contributed by atoms with Crippen molar-refractivity contribution in [3.63, 3.8) is 0 Å². The van der Waals surface area contributed by atoms with Crippen molar-refractivity contribution in [2.75, 3.05) is 6.54 Å². The first-order chi connectivity index (χ1) is 6.75. The number of para-hydroxylation sites is 1. The van der Waals surface area contributed by atoms with E-state index in [0.29, 0.717) is 18.5 Å². The van der Waals surface area contributed by atoms with Crippen molar-refractivity contribution in [3.05, 3.63) is 39.9 Å². The summed E-state index contributed by atoms with van der Waals surface area (Å²) in [5, 5.41) is 10.6. The van der Waals surface area contributed by atoms with Crippen molar-refractivity contribution in [2.45, 2.75) is 6.42 Å². The molecule has 1 rings (SSSR count). The summed E-state index contributed by atoms with van der Waals surface area (Å²) < 4.78 is 0. The lowest BCUT2D eigenvalue weighted by atomic mass is 10.2. The van der Waals surface area contributed by atoms with Crippen LogP contribution < -0.4 is 5.73 Å². The van der Waals surface area contributed by atoms with Crippen molar-refractivity contribution in [3.8, 4) is 11.8 Å². The number of nitro groups is 1. The van der Waals surface area contributed by atoms with Gasteiger partial charge in [-0.2, -0.15) is 0 Å². The van der Waals surface area contributed by atoms with Crippen LogP contribution in [0.3, 0.4) is 0 Å². The summed E-state index contributed by atoms with van der Waals surface area (Å²) >= 11 is 0. The van der Waals surface area contributed by atoms with E-state index in [9.17, 15) is 10.1 Å². The molecule has 0 fully saturated rings. The quantitative estimate of drug-likeness (QED) is 0.434. The first-order valence-corrected chi connectivity index (χ1v) is 4.18. The Morgan fingerprint density at radius 2 is 2.14 bits per heavy atom. The van der Waals surface area contributed by atoms with Crippen LogP contribution in [0.2, 0.25) is 0 Å². The number of nitro benzene ring substituents is 1. The van der Waals surface area contributed by atoms with Crippen molar-refractivity contribution >= 4 is 5.69 Å². The molecule has 2 N–H and O–H groups in total. The second-order valence-electron chi connectivity index (χ2n) is 2.61. The third-order valence-corrected chi connectivity index (χ3v) is 1.59. The van der Waals surface area contributed by atoms with Gasteiger partial charge in [0.05, 0.1) is 4.92 Å². The maximum Gasteiger partial charge on any atom is 0.284 e. The molecule has 0 saturated heterocycles. The van der Waals surface area contributed by atoms with Gasteiger partial charge in [0.15, 0.2) is 0 Å². The smallest absolute Gasteiger partial charge is 0.284 e. The number of rotatable bonds is 2. The fraction of sp³-hybridized carbons (Fsp3) is 0.200. The van der Waals surface area contributed by atoms with Crippen molar-refractivity contribution in [1.82, 2.24) is 0 Å². The molecule has 0 saturated carbocycles. The molecule has 0 aliphatic rings. The van der Waals surface area contributed by atoms with Crippen LogP contribution in [-0.2, 0) is 0 Å². The molecular formula is C10H10N2O2. The summed E-state index contributed by atoms with van der Waals surface area (Å²) in [6, 6.07) is 6.40. The number of hydrogen-bond donors (Lipinski definition) is 1. The van der Waals surface area contributed by atoms with Crippen LogP contribution in [0, 0.1) is 22.0 Å². The fourth-order valence-electron chi connectivity index (χ4n) is 0.968. The summed E-state index contributed by atoms with van der Waals surface area (Å²) in [6.45, 7) is 0.466. The Labute approximate surface area is 81.9 Å². The number of hydrogen-bond acceptors (Lipinski definition) is 3. The number of benzene rings is 1. The van der Waals surface area contributed by atoms with E-state index < -0.39 is 4.92 Å². The highest BCUT2D eigenvalue weighted by molar-refractivity contribution is 5.50. The van der Waals surface area contributed by atoms with Gasteiger partial charge in [-0.15, -0.1) is 0 Å². The lowest BCUT2D eigenvalue weighted by molar-refractivity contribution is -0.385. The standard InChI is InChI=1S/C10H10N2O2/c11-8-4-3-6-9-5-1-2-7-10(9)12(13)14/h1-2,5,7H,4,8,11H2. The van der Waals surface area contributed by atoms with Gasteiger partial charge in [0, 0.05) is 19.0 Å². The Kier molecular flexibility index (Phi) is 3.65. The second kappa shape index (κ2) is 5.00. The van der Waals surface area contributed by atoms with Gasteiger partial charge in [0.2, 0.25) is 0 Å². The van der Waals surface area contributed by atoms with E-state index in [2.05, 4.69) is 11.8 Å². The molecule has 0 bridgehead atoms. The molecule has 4 heteroatoms. The van der Waals surface area contributed by atoms with Crippen LogP contribution >= 0.6 is 0 Å². The molecule has 0 atom stereocenters. The maximum absolute atomic E-state index is 10.6. The molecule has 14 heavy (non-hydrogen) atoms. The zero-order valence-corrected chi connectivity index (χ0v) is 7.56. The van der Waals surface area contributed by atoms with Crippen molar-refractivity contribution < 1.29 is 4.92 Å². The Hall–Kier alpha value is -1.86. The Bertz CT molecular complexity index is 391. The Morgan fingerprint density at radius 1 is 1.43 bits per heavy atom. The highest BCUT2D eigenvalue weighted by Crippen LogP contribution is 2.15. The van der Waals surface area contributed by atoms with Crippen molar-refractivity contribution in [1.29, 1.82) is 0 Å². The van der Waals surface area contributed by atoms with E-state index in [1.165, 1.54) is 6.07 Å². The van der Waals surface area contributed by atoms with Crippen LogP contribution in [0.25, 0.3) is 0 Å². The minimum atomic E-state index is -0.438. The largest absolute Gasteiger partial charge is 0.330 e. The topological polar surface area (TPSA) is 69.2 Å². The Morgan fingerprint density at radius 3 is 2.79 bits per heavy atom. The molecule has 0 spiro atoms. The van der Waals surface area contributed by atoms with Gasteiger partial charge >= 0.3 is 0 Å². The van der Waals surface area contributed by atoms with Crippen LogP contribution in [-0.4, -0.2) is 11.5 Å². The molecule has 0 heterocycles. The number of nitrogens with two attached hydrogens (primary N) is 1. The van der Waals surface area contributed by atoms with Crippen LogP contribution in [0.4, 0.5) is 5.69 Å². The minimum Gasteiger partial charge on any atom is -0.330 e. The summed E-state index contributed by atoms with van der Waals surface area (Å²) in [5.41, 5.74) is 5.73. The van der Waals surface area contributed by atoms with Crippen LogP contribution in [0.5, 0.6) is 0 Å². The van der Waals surface area contributed by atoms with Crippen molar-refractivity contribution in [2.24, 2.45) is 5.73 Å². The predicted molar refractivity (Wildman–Crippen MR) is 53.6 cm³/mol. The fourth-order valence-corrected chi connectivity index (χ4v) is 0.968. The lowest BCUT2D eigenvalue weighted by Gasteiger charge is -1.93. The third-order valence-electron chi connectivity index (χ3n) is 1.59. The molecule has 4 nitrogen and oxygen atoms in total. The highest BCUT2D eigenvalue weighted by atomic mass is 16.6. The molecule has 0 unspecified atom stereocenters. The van der Waals surface area contributed by atoms with Gasteiger partial charge in [-0.3, -0.25) is 10.1 Å². The Balaban J connectivity index is 2.97. The van der Waals surface area contributed by atoms with E-state index in [1.54, 1.807) is 18.2 Å². The number of nitrogens with zero attached hydrogens (tertiary/aromatic N) is 1. The van der Waals surface area contributed by atoms with E-state index in [1.807, 2.05) is 0 Å². The minimum absolute atomic E-state index is 0.0389. The monoisotopic (exact) mass is 190 g/mol. The summed E-state index contributed by atoms with van der Waals surface area (Å²) in [4.78, 5) is 10.1. The summed E-state index contributed by atoms with van der Waals surface area (Å²) in [6.07, 6.45) is 0.548. The zero-order chi connectivity index (χ0) is 10.4. The SMILES string of the molecule is NCCC#Cc1ccccc1[N+](=O)[O-]. The van der Waals surface area contributed by atoms with Gasteiger partial charge < -0.3 is 5.73 Å². The molecule has 0 aliphatic heterocycles. The maximum atomic E-state index is 10.6. The van der Waals surface area contributed by atoms with Gasteiger partial charge in [-0.05, 0) is 6.07 Å². The summed E-state index contributed by atoms with van der Waals surface area (Å²) in [7, 11) is 0. The van der Waals surface area contributed by atoms with Gasteiger partial charge in [0.25, 0.3) is 5.69 Å². The zero-order valence-electron chi connectivity index (χ0n) is 7.56. The molecular weight excluding hydrogens is 180 g/mol. The molecule has 0 aromatic heterocycles. The molecule has 72 valence electrons. The average Bonchev–Trinajstić information content (AvgIpc) is 2.19. The first kappa shape index (κ1) is 10.2. The predicted octanol–water partition coefficient (Wildman–Crippen LogP) is 1.30. The lowest BCUT2D eigenvalue weighted by Crippen LogP contribution is -1.96.